The lowest BCUT2D eigenvalue weighted by atomic mass is 9.54. The molecule has 0 heterocycles. The first-order valence-electron chi connectivity index (χ1n) is 5.60. The SMILES string of the molecule is CC(Br)=C1C2CC3CC(C2)CC1C3. The van der Waals surface area contributed by atoms with Gasteiger partial charge in [-0.1, -0.05) is 21.5 Å². The molecule has 0 spiro atoms. The summed E-state index contributed by atoms with van der Waals surface area (Å²) in [7, 11) is 0. The Labute approximate surface area is 88.9 Å². The summed E-state index contributed by atoms with van der Waals surface area (Å²) in [6.07, 6.45) is 7.58. The van der Waals surface area contributed by atoms with Crippen LogP contribution in [0.25, 0.3) is 0 Å². The van der Waals surface area contributed by atoms with Crippen LogP contribution in [0, 0.1) is 23.7 Å². The molecule has 0 nitrogen and oxygen atoms in total. The van der Waals surface area contributed by atoms with Gasteiger partial charge in [-0.3, -0.25) is 0 Å². The molecule has 4 aliphatic carbocycles. The molecule has 0 atom stereocenters. The van der Waals surface area contributed by atoms with Crippen LogP contribution in [0.3, 0.4) is 0 Å². The average molecular weight is 241 g/mol. The summed E-state index contributed by atoms with van der Waals surface area (Å²) in [6, 6.07) is 0. The molecule has 1 heteroatoms. The van der Waals surface area contributed by atoms with Crippen LogP contribution in [0.2, 0.25) is 0 Å². The van der Waals surface area contributed by atoms with Gasteiger partial charge in [-0.05, 0) is 67.2 Å². The van der Waals surface area contributed by atoms with Gasteiger partial charge >= 0.3 is 0 Å². The maximum atomic E-state index is 3.71. The van der Waals surface area contributed by atoms with E-state index >= 15 is 0 Å². The van der Waals surface area contributed by atoms with Gasteiger partial charge in [0.25, 0.3) is 0 Å². The van der Waals surface area contributed by atoms with Crippen molar-refractivity contribution in [2.45, 2.75) is 39.0 Å². The van der Waals surface area contributed by atoms with Crippen molar-refractivity contribution in [3.8, 4) is 0 Å². The molecule has 0 radical (unpaired) electrons. The van der Waals surface area contributed by atoms with Crippen LogP contribution < -0.4 is 0 Å². The van der Waals surface area contributed by atoms with Gasteiger partial charge in [-0.15, -0.1) is 0 Å². The van der Waals surface area contributed by atoms with E-state index in [1.807, 2.05) is 0 Å². The van der Waals surface area contributed by atoms with Crippen molar-refractivity contribution in [3.63, 3.8) is 0 Å². The molecule has 4 rings (SSSR count). The van der Waals surface area contributed by atoms with Gasteiger partial charge in [0.15, 0.2) is 0 Å². The van der Waals surface area contributed by atoms with Gasteiger partial charge in [0, 0.05) is 0 Å². The Kier molecular flexibility index (Phi) is 1.87. The van der Waals surface area contributed by atoms with E-state index in [1.165, 1.54) is 30.2 Å². The van der Waals surface area contributed by atoms with E-state index < -0.39 is 0 Å². The predicted molar refractivity (Wildman–Crippen MR) is 58.7 cm³/mol. The third kappa shape index (κ3) is 1.23. The number of hydrogen-bond donors (Lipinski definition) is 0. The second kappa shape index (κ2) is 2.85. The minimum atomic E-state index is 0.968. The maximum Gasteiger partial charge on any atom is -0.00828 e. The zero-order valence-corrected chi connectivity index (χ0v) is 9.81. The Hall–Kier alpha value is 0.220. The molecule has 0 aliphatic heterocycles. The Morgan fingerprint density at radius 3 is 1.85 bits per heavy atom. The first-order chi connectivity index (χ1) is 6.24. The minimum Gasteiger partial charge on any atom is -0.0560 e. The van der Waals surface area contributed by atoms with E-state index in [4.69, 9.17) is 0 Å². The molecule has 0 aromatic rings. The smallest absolute Gasteiger partial charge is 0.00828 e. The van der Waals surface area contributed by atoms with Crippen LogP contribution in [-0.2, 0) is 0 Å². The number of rotatable bonds is 0. The van der Waals surface area contributed by atoms with Crippen molar-refractivity contribution in [2.24, 2.45) is 23.7 Å². The largest absolute Gasteiger partial charge is 0.0560 e. The normalized spacial score (nSPS) is 47.1. The van der Waals surface area contributed by atoms with Gasteiger partial charge in [0.1, 0.15) is 0 Å². The molecule has 0 aromatic heterocycles. The molecular formula is C12H17Br. The molecule has 72 valence electrons. The first-order valence-corrected chi connectivity index (χ1v) is 6.39. The lowest BCUT2D eigenvalue weighted by Crippen LogP contribution is -2.40. The molecule has 4 fully saturated rings. The van der Waals surface area contributed by atoms with Crippen LogP contribution in [-0.4, -0.2) is 0 Å². The van der Waals surface area contributed by atoms with Crippen LogP contribution in [0.5, 0.6) is 0 Å². The summed E-state index contributed by atoms with van der Waals surface area (Å²) < 4.78 is 1.46. The van der Waals surface area contributed by atoms with Crippen LogP contribution in [0.1, 0.15) is 39.0 Å². The highest BCUT2D eigenvalue weighted by molar-refractivity contribution is 9.11. The molecule has 0 N–H and O–H groups in total. The van der Waals surface area contributed by atoms with Crippen LogP contribution >= 0.6 is 15.9 Å². The lowest BCUT2D eigenvalue weighted by molar-refractivity contribution is 0.0692. The molecule has 13 heavy (non-hydrogen) atoms. The highest BCUT2D eigenvalue weighted by Gasteiger charge is 2.45. The summed E-state index contributed by atoms with van der Waals surface area (Å²) >= 11 is 3.71. The van der Waals surface area contributed by atoms with Crippen molar-refractivity contribution in [2.75, 3.05) is 0 Å². The Morgan fingerprint density at radius 2 is 1.46 bits per heavy atom. The Bertz CT molecular complexity index is 230. The van der Waals surface area contributed by atoms with Crippen molar-refractivity contribution in [1.29, 1.82) is 0 Å². The van der Waals surface area contributed by atoms with Gasteiger partial charge in [-0.25, -0.2) is 0 Å². The van der Waals surface area contributed by atoms with Gasteiger partial charge in [0.2, 0.25) is 0 Å². The van der Waals surface area contributed by atoms with E-state index in [1.54, 1.807) is 12.0 Å². The van der Waals surface area contributed by atoms with Crippen molar-refractivity contribution < 1.29 is 0 Å². The summed E-state index contributed by atoms with van der Waals surface area (Å²) in [6.45, 7) is 2.25. The van der Waals surface area contributed by atoms with E-state index in [-0.39, 0.29) is 0 Å². The van der Waals surface area contributed by atoms with E-state index in [0.29, 0.717) is 0 Å². The summed E-state index contributed by atoms with van der Waals surface area (Å²) in [5.41, 5.74) is 1.80. The number of halogens is 1. The Morgan fingerprint density at radius 1 is 1.00 bits per heavy atom. The number of allylic oxidation sites excluding steroid dienone is 2. The molecule has 0 amide bonds. The predicted octanol–water partition coefficient (Wildman–Crippen LogP) is 4.11. The third-order valence-electron chi connectivity index (χ3n) is 4.42. The van der Waals surface area contributed by atoms with Gasteiger partial charge in [0.05, 0.1) is 0 Å². The standard InChI is InChI=1S/C12H17Br/c1-7(13)12-10-3-8-2-9(5-10)6-11(12)4-8/h8-11H,2-6H2,1H3. The second-order valence-corrected chi connectivity index (χ2v) is 6.48. The second-order valence-electron chi connectivity index (χ2n) is 5.29. The maximum absolute atomic E-state index is 3.71. The van der Waals surface area contributed by atoms with E-state index in [2.05, 4.69) is 22.9 Å². The minimum absolute atomic E-state index is 0.968. The topological polar surface area (TPSA) is 0 Å². The van der Waals surface area contributed by atoms with E-state index in [9.17, 15) is 0 Å². The highest BCUT2D eigenvalue weighted by Crippen LogP contribution is 2.57. The molecular weight excluding hydrogens is 224 g/mol. The fourth-order valence-electron chi connectivity index (χ4n) is 4.25. The van der Waals surface area contributed by atoms with Crippen LogP contribution in [0.4, 0.5) is 0 Å². The van der Waals surface area contributed by atoms with Crippen molar-refractivity contribution >= 4 is 15.9 Å². The average Bonchev–Trinajstić information content (AvgIpc) is 2.00. The third-order valence-corrected chi connectivity index (χ3v) is 4.87. The fraction of sp³-hybridized carbons (Fsp3) is 0.833. The highest BCUT2D eigenvalue weighted by atomic mass is 79.9. The van der Waals surface area contributed by atoms with Crippen molar-refractivity contribution in [1.82, 2.24) is 0 Å². The number of hydrogen-bond acceptors (Lipinski definition) is 0. The zero-order valence-electron chi connectivity index (χ0n) is 8.22. The summed E-state index contributed by atoms with van der Waals surface area (Å²) in [5.74, 6) is 4.13. The Balaban J connectivity index is 1.98. The molecule has 0 aromatic carbocycles. The zero-order chi connectivity index (χ0) is 9.00. The van der Waals surface area contributed by atoms with Gasteiger partial charge < -0.3 is 0 Å². The van der Waals surface area contributed by atoms with E-state index in [0.717, 1.165) is 23.7 Å². The van der Waals surface area contributed by atoms with Crippen LogP contribution in [0.15, 0.2) is 10.1 Å². The molecule has 0 saturated heterocycles. The lowest BCUT2D eigenvalue weighted by Gasteiger charge is -2.51. The molecule has 4 aliphatic rings. The summed E-state index contributed by atoms with van der Waals surface area (Å²) in [4.78, 5) is 0. The monoisotopic (exact) mass is 240 g/mol. The van der Waals surface area contributed by atoms with Crippen molar-refractivity contribution in [3.05, 3.63) is 10.1 Å². The quantitative estimate of drug-likeness (QED) is 0.598. The fourth-order valence-corrected chi connectivity index (χ4v) is 4.90. The summed E-state index contributed by atoms with van der Waals surface area (Å²) in [5, 5.41) is 0. The molecule has 4 bridgehead atoms. The molecule has 4 saturated carbocycles. The van der Waals surface area contributed by atoms with Gasteiger partial charge in [-0.2, -0.15) is 0 Å². The molecule has 0 unspecified atom stereocenters. The first kappa shape index (κ1) is 8.52.